The molecule has 192 valence electrons. The van der Waals surface area contributed by atoms with Crippen molar-refractivity contribution in [3.63, 3.8) is 0 Å². The summed E-state index contributed by atoms with van der Waals surface area (Å²) in [5.74, 6) is 2.81. The predicted octanol–water partition coefficient (Wildman–Crippen LogP) is 8.91. The lowest BCUT2D eigenvalue weighted by Gasteiger charge is -2.70. The summed E-state index contributed by atoms with van der Waals surface area (Å²) in [6.07, 6.45) is 15.1. The highest BCUT2D eigenvalue weighted by molar-refractivity contribution is 5.66. The summed E-state index contributed by atoms with van der Waals surface area (Å²) in [5.41, 5.74) is 4.17. The second-order valence-corrected chi connectivity index (χ2v) is 14.3. The first-order valence-corrected chi connectivity index (χ1v) is 14.3. The highest BCUT2D eigenvalue weighted by atomic mass is 16.5. The van der Waals surface area contributed by atoms with E-state index < -0.39 is 0 Å². The van der Waals surface area contributed by atoms with Gasteiger partial charge in [-0.25, -0.2) is 0 Å². The van der Waals surface area contributed by atoms with E-state index in [0.29, 0.717) is 22.2 Å². The quantitative estimate of drug-likeness (QED) is 0.297. The van der Waals surface area contributed by atoms with Gasteiger partial charge in [0.25, 0.3) is 0 Å². The third kappa shape index (κ3) is 3.85. The molecule has 4 rings (SSSR count). The average molecular weight is 469 g/mol. The van der Waals surface area contributed by atoms with Crippen LogP contribution in [0.1, 0.15) is 120 Å². The summed E-state index contributed by atoms with van der Waals surface area (Å²) in [6, 6.07) is 0. The van der Waals surface area contributed by atoms with Gasteiger partial charge in [-0.3, -0.25) is 4.79 Å². The van der Waals surface area contributed by atoms with Crippen molar-refractivity contribution >= 4 is 5.97 Å². The van der Waals surface area contributed by atoms with E-state index in [1.165, 1.54) is 56.1 Å². The topological polar surface area (TPSA) is 26.3 Å². The van der Waals surface area contributed by atoms with Crippen LogP contribution in [0.15, 0.2) is 23.8 Å². The standard InChI is InChI=1S/C32H52O2/c1-21(2)11-10-12-22(3)24-15-19-31(8)25(24)13-14-27-30(7)18-17-28(34-23(4)33)29(5,6)26(30)16-20-32(27,31)9/h11,24-28H,3,10,12-20H2,1-2,4-9H3/t24-,25-,26-,27+,28+,30+,31+,32+/m0/s1. The number of esters is 1. The van der Waals surface area contributed by atoms with Gasteiger partial charge in [-0.2, -0.15) is 0 Å². The highest BCUT2D eigenvalue weighted by Gasteiger charge is 2.68. The van der Waals surface area contributed by atoms with Gasteiger partial charge in [0.15, 0.2) is 0 Å². The molecule has 0 amide bonds. The maximum atomic E-state index is 11.8. The Morgan fingerprint density at radius 2 is 1.56 bits per heavy atom. The molecular weight excluding hydrogens is 416 g/mol. The minimum atomic E-state index is -0.114. The molecule has 0 aromatic heterocycles. The zero-order valence-electron chi connectivity index (χ0n) is 23.6. The normalized spacial score (nSPS) is 44.9. The SMILES string of the molecule is C=C(CCC=C(C)C)[C@@H]1CC[C@]2(C)[C@H]1CC[C@@H]1[C@]3(C)CC[C@@H](OC(C)=O)C(C)(C)[C@@H]3CC[C@]12C. The Labute approximate surface area is 210 Å². The fourth-order valence-corrected chi connectivity index (χ4v) is 10.4. The van der Waals surface area contributed by atoms with Crippen molar-refractivity contribution < 1.29 is 9.53 Å². The van der Waals surface area contributed by atoms with Crippen LogP contribution in [0.4, 0.5) is 0 Å². The molecule has 0 spiro atoms. The van der Waals surface area contributed by atoms with Crippen LogP contribution in [0.2, 0.25) is 0 Å². The smallest absolute Gasteiger partial charge is 0.302 e. The van der Waals surface area contributed by atoms with Gasteiger partial charge in [-0.1, -0.05) is 58.4 Å². The molecule has 4 aliphatic carbocycles. The lowest BCUT2D eigenvalue weighted by Crippen LogP contribution is -2.64. The average Bonchev–Trinajstić information content (AvgIpc) is 3.08. The molecule has 0 N–H and O–H groups in total. The molecule has 0 aliphatic heterocycles. The number of hydrogen-bond acceptors (Lipinski definition) is 2. The molecule has 0 aromatic carbocycles. The molecule has 0 aromatic rings. The van der Waals surface area contributed by atoms with Crippen LogP contribution < -0.4 is 0 Å². The molecule has 2 heteroatoms. The van der Waals surface area contributed by atoms with Gasteiger partial charge >= 0.3 is 5.97 Å². The Kier molecular flexibility index (Phi) is 6.74. The summed E-state index contributed by atoms with van der Waals surface area (Å²) in [5, 5.41) is 0. The minimum Gasteiger partial charge on any atom is -0.462 e. The number of carbonyl (C=O) groups excluding carboxylic acids is 1. The molecule has 0 unspecified atom stereocenters. The molecular formula is C32H52O2. The van der Waals surface area contributed by atoms with Gasteiger partial charge in [-0.15, -0.1) is 0 Å². The van der Waals surface area contributed by atoms with Gasteiger partial charge in [0.1, 0.15) is 6.10 Å². The zero-order chi connectivity index (χ0) is 25.1. The maximum absolute atomic E-state index is 11.8. The maximum Gasteiger partial charge on any atom is 0.302 e. The van der Waals surface area contributed by atoms with Crippen molar-refractivity contribution in [1.29, 1.82) is 0 Å². The van der Waals surface area contributed by atoms with Gasteiger partial charge in [-0.05, 0) is 118 Å². The zero-order valence-corrected chi connectivity index (χ0v) is 23.6. The molecule has 4 fully saturated rings. The van der Waals surface area contributed by atoms with Crippen LogP contribution in [0.5, 0.6) is 0 Å². The summed E-state index contributed by atoms with van der Waals surface area (Å²) < 4.78 is 5.89. The van der Waals surface area contributed by atoms with E-state index in [4.69, 9.17) is 4.74 Å². The van der Waals surface area contributed by atoms with Crippen molar-refractivity contribution in [3.8, 4) is 0 Å². The van der Waals surface area contributed by atoms with Crippen LogP contribution in [0.25, 0.3) is 0 Å². The fourth-order valence-electron chi connectivity index (χ4n) is 10.4. The van der Waals surface area contributed by atoms with E-state index in [1.807, 2.05) is 0 Å². The minimum absolute atomic E-state index is 0.0508. The van der Waals surface area contributed by atoms with Crippen LogP contribution >= 0.6 is 0 Å². The van der Waals surface area contributed by atoms with Crippen molar-refractivity contribution in [2.75, 3.05) is 0 Å². The molecule has 0 bridgehead atoms. The van der Waals surface area contributed by atoms with Gasteiger partial charge in [0.05, 0.1) is 0 Å². The summed E-state index contributed by atoms with van der Waals surface area (Å²) in [4.78, 5) is 11.8. The van der Waals surface area contributed by atoms with Crippen LogP contribution in [-0.4, -0.2) is 12.1 Å². The number of rotatable bonds is 5. The van der Waals surface area contributed by atoms with Crippen molar-refractivity contribution in [2.45, 2.75) is 126 Å². The Balaban J connectivity index is 1.57. The van der Waals surface area contributed by atoms with E-state index >= 15 is 0 Å². The van der Waals surface area contributed by atoms with Crippen LogP contribution in [-0.2, 0) is 9.53 Å². The monoisotopic (exact) mass is 468 g/mol. The van der Waals surface area contributed by atoms with E-state index in [-0.39, 0.29) is 17.5 Å². The van der Waals surface area contributed by atoms with Crippen LogP contribution in [0.3, 0.4) is 0 Å². The molecule has 4 aliphatic rings. The van der Waals surface area contributed by atoms with E-state index in [1.54, 1.807) is 6.92 Å². The number of carbonyl (C=O) groups is 1. The third-order valence-electron chi connectivity index (χ3n) is 12.2. The highest BCUT2D eigenvalue weighted by Crippen LogP contribution is 2.75. The first-order chi connectivity index (χ1) is 15.8. The van der Waals surface area contributed by atoms with E-state index in [0.717, 1.165) is 37.0 Å². The van der Waals surface area contributed by atoms with Crippen molar-refractivity contribution in [2.24, 2.45) is 45.3 Å². The number of fused-ring (bicyclic) bond motifs is 5. The van der Waals surface area contributed by atoms with Gasteiger partial charge < -0.3 is 4.74 Å². The Hall–Kier alpha value is -1.05. The first kappa shape index (κ1) is 26.0. The molecule has 0 saturated heterocycles. The molecule has 8 atom stereocenters. The second-order valence-electron chi connectivity index (χ2n) is 14.3. The Morgan fingerprint density at radius 3 is 2.21 bits per heavy atom. The summed E-state index contributed by atoms with van der Waals surface area (Å²) >= 11 is 0. The van der Waals surface area contributed by atoms with Crippen LogP contribution in [0, 0.1) is 45.3 Å². The predicted molar refractivity (Wildman–Crippen MR) is 142 cm³/mol. The summed E-state index contributed by atoms with van der Waals surface area (Å²) in [7, 11) is 0. The van der Waals surface area contributed by atoms with Gasteiger partial charge in [0.2, 0.25) is 0 Å². The molecule has 4 saturated carbocycles. The van der Waals surface area contributed by atoms with Gasteiger partial charge in [0, 0.05) is 12.3 Å². The lowest BCUT2D eigenvalue weighted by atomic mass is 9.35. The third-order valence-corrected chi connectivity index (χ3v) is 12.2. The first-order valence-electron chi connectivity index (χ1n) is 14.3. The number of ether oxygens (including phenoxy) is 1. The number of hydrogen-bond donors (Lipinski definition) is 0. The molecule has 2 nitrogen and oxygen atoms in total. The van der Waals surface area contributed by atoms with Crippen molar-refractivity contribution in [1.82, 2.24) is 0 Å². The lowest BCUT2D eigenvalue weighted by molar-refractivity contribution is -0.226. The molecule has 0 heterocycles. The summed E-state index contributed by atoms with van der Waals surface area (Å²) in [6.45, 7) is 23.4. The number of allylic oxidation sites excluding steroid dienone is 3. The van der Waals surface area contributed by atoms with E-state index in [9.17, 15) is 4.79 Å². The van der Waals surface area contributed by atoms with E-state index in [2.05, 4.69) is 61.1 Å². The second kappa shape index (κ2) is 8.81. The van der Waals surface area contributed by atoms with Crippen molar-refractivity contribution in [3.05, 3.63) is 23.8 Å². The largest absolute Gasteiger partial charge is 0.462 e. The Morgan fingerprint density at radius 1 is 0.882 bits per heavy atom. The molecule has 34 heavy (non-hydrogen) atoms. The fraction of sp³-hybridized carbons (Fsp3) is 0.844. The molecule has 0 radical (unpaired) electrons. The Bertz CT molecular complexity index is 847.